The Kier molecular flexibility index (Phi) is 3.72. The number of thiophene rings is 1. The number of fused-ring (bicyclic) bond motifs is 2. The number of rotatable bonds is 3. The van der Waals surface area contributed by atoms with Gasteiger partial charge in [-0.2, -0.15) is 0 Å². The number of benzene rings is 1. The molecule has 1 N–H and O–H groups in total. The van der Waals surface area contributed by atoms with E-state index in [1.165, 1.54) is 25.1 Å². The molecule has 2 aliphatic rings. The van der Waals surface area contributed by atoms with Crippen molar-refractivity contribution in [1.82, 2.24) is 10.2 Å². The highest BCUT2D eigenvalue weighted by atomic mass is 32.1. The van der Waals surface area contributed by atoms with E-state index in [2.05, 4.69) is 22.3 Å². The summed E-state index contributed by atoms with van der Waals surface area (Å²) < 4.78 is 0. The van der Waals surface area contributed by atoms with Crippen molar-refractivity contribution in [2.45, 2.75) is 18.9 Å². The van der Waals surface area contributed by atoms with Gasteiger partial charge in [0, 0.05) is 24.0 Å². The molecule has 4 heteroatoms. The van der Waals surface area contributed by atoms with Gasteiger partial charge in [-0.25, -0.2) is 0 Å². The lowest BCUT2D eigenvalue weighted by atomic mass is 9.97. The van der Waals surface area contributed by atoms with Crippen LogP contribution < -0.4 is 5.32 Å². The maximum absolute atomic E-state index is 12.5. The van der Waals surface area contributed by atoms with Crippen molar-refractivity contribution in [3.8, 4) is 10.4 Å². The minimum Gasteiger partial charge on any atom is -0.347 e. The second kappa shape index (κ2) is 5.86. The lowest BCUT2D eigenvalue weighted by molar-refractivity contribution is 0.0913. The Labute approximate surface area is 135 Å². The first-order valence-corrected chi connectivity index (χ1v) is 8.78. The lowest BCUT2D eigenvalue weighted by Gasteiger charge is -2.30. The molecule has 1 aromatic carbocycles. The Morgan fingerprint density at radius 3 is 2.82 bits per heavy atom. The van der Waals surface area contributed by atoms with Crippen LogP contribution in [0.15, 0.2) is 42.5 Å². The number of carbonyl (C=O) groups is 1. The third-order valence-electron chi connectivity index (χ3n) is 4.69. The average Bonchev–Trinajstić information content (AvgIpc) is 3.15. The molecule has 0 saturated carbocycles. The molecule has 1 unspecified atom stereocenters. The zero-order valence-corrected chi connectivity index (χ0v) is 13.3. The lowest BCUT2D eigenvalue weighted by Crippen LogP contribution is -2.46. The van der Waals surface area contributed by atoms with E-state index in [4.69, 9.17) is 0 Å². The smallest absolute Gasteiger partial charge is 0.261 e. The average molecular weight is 312 g/mol. The summed E-state index contributed by atoms with van der Waals surface area (Å²) in [4.78, 5) is 16.9. The van der Waals surface area contributed by atoms with E-state index in [1.807, 2.05) is 30.3 Å². The quantitative estimate of drug-likeness (QED) is 0.943. The zero-order valence-electron chi connectivity index (χ0n) is 12.5. The zero-order chi connectivity index (χ0) is 14.9. The highest BCUT2D eigenvalue weighted by molar-refractivity contribution is 7.17. The molecule has 0 aliphatic carbocycles. The second-order valence-corrected chi connectivity index (χ2v) is 7.43. The fourth-order valence-electron chi connectivity index (χ4n) is 3.64. The van der Waals surface area contributed by atoms with E-state index in [9.17, 15) is 4.79 Å². The second-order valence-electron chi connectivity index (χ2n) is 6.35. The minimum atomic E-state index is 0.0830. The molecule has 3 nitrogen and oxygen atoms in total. The molecule has 22 heavy (non-hydrogen) atoms. The van der Waals surface area contributed by atoms with Crippen LogP contribution in [-0.4, -0.2) is 36.5 Å². The van der Waals surface area contributed by atoms with E-state index in [-0.39, 0.29) is 5.91 Å². The molecule has 2 saturated heterocycles. The monoisotopic (exact) mass is 312 g/mol. The molecule has 0 radical (unpaired) electrons. The fourth-order valence-corrected chi connectivity index (χ4v) is 4.55. The fraction of sp³-hybridized carbons (Fsp3) is 0.389. The highest BCUT2D eigenvalue weighted by Gasteiger charge is 2.33. The van der Waals surface area contributed by atoms with Gasteiger partial charge < -0.3 is 10.2 Å². The van der Waals surface area contributed by atoms with Crippen LogP contribution in [0.5, 0.6) is 0 Å². The molecule has 2 fully saturated rings. The van der Waals surface area contributed by atoms with E-state index >= 15 is 0 Å². The first kappa shape index (κ1) is 14.0. The number of nitrogens with zero attached hydrogens (tertiary/aromatic N) is 1. The summed E-state index contributed by atoms with van der Waals surface area (Å²) in [5, 5.41) is 3.23. The van der Waals surface area contributed by atoms with Crippen molar-refractivity contribution in [2.75, 3.05) is 19.6 Å². The minimum absolute atomic E-state index is 0.0830. The van der Waals surface area contributed by atoms with E-state index < -0.39 is 0 Å². The van der Waals surface area contributed by atoms with Crippen LogP contribution in [0.4, 0.5) is 0 Å². The molecular formula is C18H20N2OS. The van der Waals surface area contributed by atoms with Gasteiger partial charge in [0.05, 0.1) is 4.88 Å². The normalized spacial score (nSPS) is 26.8. The Balaban J connectivity index is 1.44. The summed E-state index contributed by atoms with van der Waals surface area (Å²) in [5.41, 5.74) is 1.17. The molecule has 2 aliphatic heterocycles. The molecule has 1 aromatic heterocycles. The molecule has 0 spiro atoms. The van der Waals surface area contributed by atoms with E-state index in [1.54, 1.807) is 11.3 Å². The molecule has 3 atom stereocenters. The van der Waals surface area contributed by atoms with Gasteiger partial charge in [0.25, 0.3) is 5.91 Å². The number of hydrogen-bond acceptors (Lipinski definition) is 3. The SMILES string of the molecule is O=C(N[C@H]1C[C@H]2CCN(C2)C1)c1ccc(-c2ccccc2)s1. The highest BCUT2D eigenvalue weighted by Crippen LogP contribution is 2.29. The molecule has 114 valence electrons. The van der Waals surface area contributed by atoms with Gasteiger partial charge >= 0.3 is 0 Å². The summed E-state index contributed by atoms with van der Waals surface area (Å²) in [6, 6.07) is 14.5. The standard InChI is InChI=1S/C18H20N2OS/c21-18(19-15-10-13-8-9-20(11-13)12-15)17-7-6-16(22-17)14-4-2-1-3-5-14/h1-7,13,15H,8-12H2,(H,19,21)/t13-,15+/m1/s1. The summed E-state index contributed by atoms with van der Waals surface area (Å²) >= 11 is 1.57. The summed E-state index contributed by atoms with van der Waals surface area (Å²) in [6.07, 6.45) is 2.43. The largest absolute Gasteiger partial charge is 0.347 e. The third-order valence-corrected chi connectivity index (χ3v) is 5.82. The summed E-state index contributed by atoms with van der Waals surface area (Å²) in [5.74, 6) is 0.863. The maximum atomic E-state index is 12.5. The van der Waals surface area contributed by atoms with Crippen LogP contribution >= 0.6 is 11.3 Å². The summed E-state index contributed by atoms with van der Waals surface area (Å²) in [7, 11) is 0. The van der Waals surface area contributed by atoms with Crippen molar-refractivity contribution < 1.29 is 4.79 Å². The van der Waals surface area contributed by atoms with Crippen LogP contribution in [0, 0.1) is 5.92 Å². The van der Waals surface area contributed by atoms with Gasteiger partial charge in [0.2, 0.25) is 0 Å². The van der Waals surface area contributed by atoms with Gasteiger partial charge in [-0.1, -0.05) is 30.3 Å². The maximum Gasteiger partial charge on any atom is 0.261 e. The molecule has 4 rings (SSSR count). The number of piperidine rings is 1. The Hall–Kier alpha value is -1.65. The van der Waals surface area contributed by atoms with Crippen molar-refractivity contribution in [3.05, 3.63) is 47.3 Å². The van der Waals surface area contributed by atoms with Crippen LogP contribution in [0.3, 0.4) is 0 Å². The summed E-state index contributed by atoms with van der Waals surface area (Å²) in [6.45, 7) is 3.44. The molecule has 2 aromatic rings. The Morgan fingerprint density at radius 2 is 2.00 bits per heavy atom. The number of nitrogens with one attached hydrogen (secondary N) is 1. The van der Waals surface area contributed by atoms with Crippen molar-refractivity contribution >= 4 is 17.2 Å². The van der Waals surface area contributed by atoms with Gasteiger partial charge in [0.1, 0.15) is 0 Å². The molecular weight excluding hydrogens is 292 g/mol. The van der Waals surface area contributed by atoms with Crippen LogP contribution in [0.25, 0.3) is 10.4 Å². The van der Waals surface area contributed by atoms with E-state index in [0.717, 1.165) is 28.6 Å². The Bertz CT molecular complexity index is 655. The van der Waals surface area contributed by atoms with Gasteiger partial charge in [0.15, 0.2) is 0 Å². The van der Waals surface area contributed by atoms with Crippen molar-refractivity contribution in [3.63, 3.8) is 0 Å². The first-order valence-electron chi connectivity index (χ1n) is 7.96. The predicted octanol–water partition coefficient (Wildman–Crippen LogP) is 3.24. The third kappa shape index (κ3) is 2.81. The van der Waals surface area contributed by atoms with Gasteiger partial charge in [-0.3, -0.25) is 4.79 Å². The van der Waals surface area contributed by atoms with Gasteiger partial charge in [-0.15, -0.1) is 11.3 Å². The molecule has 1 amide bonds. The van der Waals surface area contributed by atoms with E-state index in [0.29, 0.717) is 6.04 Å². The Morgan fingerprint density at radius 1 is 1.14 bits per heavy atom. The first-order chi connectivity index (χ1) is 10.8. The van der Waals surface area contributed by atoms with Gasteiger partial charge in [-0.05, 0) is 43.0 Å². The molecule has 2 bridgehead atoms. The van der Waals surface area contributed by atoms with Crippen LogP contribution in [0.1, 0.15) is 22.5 Å². The number of hydrogen-bond donors (Lipinski definition) is 1. The number of amides is 1. The van der Waals surface area contributed by atoms with Crippen LogP contribution in [0.2, 0.25) is 0 Å². The van der Waals surface area contributed by atoms with Crippen molar-refractivity contribution in [2.24, 2.45) is 5.92 Å². The number of carbonyl (C=O) groups excluding carboxylic acids is 1. The van der Waals surface area contributed by atoms with Crippen molar-refractivity contribution in [1.29, 1.82) is 0 Å². The van der Waals surface area contributed by atoms with Crippen LogP contribution in [-0.2, 0) is 0 Å². The topological polar surface area (TPSA) is 32.3 Å². The molecule has 3 heterocycles. The predicted molar refractivity (Wildman–Crippen MR) is 90.2 cm³/mol.